The minimum absolute atomic E-state index is 0.0571. The van der Waals surface area contributed by atoms with E-state index in [0.717, 1.165) is 5.56 Å². The molecule has 0 spiro atoms. The lowest BCUT2D eigenvalue weighted by Gasteiger charge is -2.18. The Morgan fingerprint density at radius 3 is 2.61 bits per heavy atom. The molecule has 0 radical (unpaired) electrons. The zero-order valence-electron chi connectivity index (χ0n) is 19.0. The molecule has 3 rings (SSSR count). The second kappa shape index (κ2) is 9.66. The summed E-state index contributed by atoms with van der Waals surface area (Å²) in [5.74, 6) is -0.102. The van der Waals surface area contributed by atoms with Gasteiger partial charge in [0.2, 0.25) is 11.9 Å². The molecule has 33 heavy (non-hydrogen) atoms. The number of nitrogens with one attached hydrogen (secondary N) is 2. The molecule has 0 fully saturated rings. The maximum atomic E-state index is 12.6. The molecule has 3 aromatic rings. The largest absolute Gasteiger partial charge is 0.490 e. The number of aromatic nitrogens is 2. The molecule has 8 nitrogen and oxygen atoms in total. The molecule has 0 saturated heterocycles. The number of alkyl halides is 1. The van der Waals surface area contributed by atoms with Gasteiger partial charge < -0.3 is 25.7 Å². The molecule has 176 valence electrons. The third-order valence-corrected chi connectivity index (χ3v) is 5.32. The Morgan fingerprint density at radius 2 is 1.97 bits per heavy atom. The summed E-state index contributed by atoms with van der Waals surface area (Å²) in [6, 6.07) is 8.51. The quantitative estimate of drug-likeness (QED) is 0.454. The third kappa shape index (κ3) is 5.54. The van der Waals surface area contributed by atoms with Gasteiger partial charge in [0.15, 0.2) is 0 Å². The number of ether oxygens (including phenoxy) is 1. The number of carbonyl (C=O) groups is 2. The van der Waals surface area contributed by atoms with Gasteiger partial charge in [-0.2, -0.15) is 0 Å². The number of fused-ring (bicyclic) bond motifs is 1. The monoisotopic (exact) mass is 475 g/mol. The van der Waals surface area contributed by atoms with Crippen LogP contribution in [0.2, 0.25) is 5.02 Å². The van der Waals surface area contributed by atoms with Gasteiger partial charge in [-0.15, -0.1) is 0 Å². The van der Waals surface area contributed by atoms with Crippen LogP contribution >= 0.6 is 11.6 Å². The van der Waals surface area contributed by atoms with Crippen LogP contribution in [-0.4, -0.2) is 34.6 Å². The summed E-state index contributed by atoms with van der Waals surface area (Å²) in [6.07, 6.45) is 0. The molecule has 1 heterocycles. The number of hydrogen-bond donors (Lipinski definition) is 3. The van der Waals surface area contributed by atoms with Crippen LogP contribution in [0.4, 0.5) is 16.0 Å². The number of rotatable bonds is 8. The fourth-order valence-corrected chi connectivity index (χ4v) is 3.30. The first-order valence-corrected chi connectivity index (χ1v) is 10.7. The lowest BCUT2D eigenvalue weighted by atomic mass is 9.95. The highest BCUT2D eigenvalue weighted by Crippen LogP contribution is 2.31. The fraction of sp³-hybridized carbons (Fsp3) is 0.348. The molecule has 2 aromatic carbocycles. The van der Waals surface area contributed by atoms with Crippen LogP contribution in [0.3, 0.4) is 0 Å². The van der Waals surface area contributed by atoms with Crippen molar-refractivity contribution < 1.29 is 18.7 Å². The average Bonchev–Trinajstić information content (AvgIpc) is 3.05. The van der Waals surface area contributed by atoms with E-state index in [-0.39, 0.29) is 23.8 Å². The van der Waals surface area contributed by atoms with E-state index in [9.17, 15) is 14.0 Å². The Kier molecular flexibility index (Phi) is 7.12. The van der Waals surface area contributed by atoms with Crippen LogP contribution < -0.4 is 21.1 Å². The minimum atomic E-state index is -0.695. The summed E-state index contributed by atoms with van der Waals surface area (Å²) < 4.78 is 19.7. The second-order valence-corrected chi connectivity index (χ2v) is 9.01. The molecular weight excluding hydrogens is 449 g/mol. The highest BCUT2D eigenvalue weighted by Gasteiger charge is 2.21. The summed E-state index contributed by atoms with van der Waals surface area (Å²) in [6.45, 7) is 5.01. The van der Waals surface area contributed by atoms with Crippen molar-refractivity contribution in [2.24, 2.45) is 18.2 Å². The average molecular weight is 476 g/mol. The topological polar surface area (TPSA) is 111 Å². The van der Waals surface area contributed by atoms with E-state index in [1.165, 1.54) is 6.07 Å². The van der Waals surface area contributed by atoms with Crippen molar-refractivity contribution in [3.8, 4) is 5.75 Å². The first-order valence-electron chi connectivity index (χ1n) is 10.3. The highest BCUT2D eigenvalue weighted by molar-refractivity contribution is 6.33. The predicted molar refractivity (Wildman–Crippen MR) is 127 cm³/mol. The standard InChI is InChI=1S/C23H27ClFN5O3/c1-23(2,3)21(32)27-12-13-5-6-15(24)16(9-13)28-22-29-17-10-14(20(26)31)19(33-8-7-25)11-18(17)30(22)4/h5-6,9-11H,7-8,12H2,1-4H3,(H2,26,31)(H,27,32)(H,28,29). The second-order valence-electron chi connectivity index (χ2n) is 8.61. The first-order chi connectivity index (χ1) is 15.5. The van der Waals surface area contributed by atoms with E-state index in [4.69, 9.17) is 22.1 Å². The normalized spacial score (nSPS) is 11.5. The number of benzene rings is 2. The van der Waals surface area contributed by atoms with E-state index in [0.29, 0.717) is 34.2 Å². The van der Waals surface area contributed by atoms with Crippen LogP contribution in [0.1, 0.15) is 36.7 Å². The van der Waals surface area contributed by atoms with Gasteiger partial charge in [0.05, 0.1) is 27.3 Å². The molecule has 4 N–H and O–H groups in total. The first kappa shape index (κ1) is 24.3. The van der Waals surface area contributed by atoms with Crippen molar-refractivity contribution in [2.45, 2.75) is 27.3 Å². The Balaban J connectivity index is 1.90. The SMILES string of the molecule is Cn1c(Nc2cc(CNC(=O)C(C)(C)C)ccc2Cl)nc2cc(C(N)=O)c(OCCF)cc21. The van der Waals surface area contributed by atoms with Crippen molar-refractivity contribution in [3.05, 3.63) is 46.5 Å². The summed E-state index contributed by atoms with van der Waals surface area (Å²) in [5.41, 5.74) is 7.70. The molecule has 0 saturated carbocycles. The van der Waals surface area contributed by atoms with E-state index in [2.05, 4.69) is 15.6 Å². The zero-order valence-corrected chi connectivity index (χ0v) is 19.7. The molecule has 10 heteroatoms. The van der Waals surface area contributed by atoms with Crippen LogP contribution in [0.15, 0.2) is 30.3 Å². The van der Waals surface area contributed by atoms with Crippen LogP contribution in [-0.2, 0) is 18.4 Å². The number of nitrogens with zero attached hydrogens (tertiary/aromatic N) is 2. The predicted octanol–water partition coefficient (Wildman–Crippen LogP) is 4.08. The van der Waals surface area contributed by atoms with Gasteiger partial charge in [-0.1, -0.05) is 38.4 Å². The lowest BCUT2D eigenvalue weighted by molar-refractivity contribution is -0.128. The van der Waals surface area contributed by atoms with E-state index < -0.39 is 18.0 Å². The smallest absolute Gasteiger partial charge is 0.252 e. The molecule has 0 bridgehead atoms. The third-order valence-electron chi connectivity index (χ3n) is 4.99. The molecule has 0 atom stereocenters. The Morgan fingerprint density at radius 1 is 1.24 bits per heavy atom. The van der Waals surface area contributed by atoms with Crippen LogP contribution in [0, 0.1) is 5.41 Å². The molecule has 0 aliphatic heterocycles. The summed E-state index contributed by atoms with van der Waals surface area (Å²) in [5, 5.41) is 6.57. The number of anilines is 2. The number of aryl methyl sites for hydroxylation is 1. The number of primary amides is 1. The van der Waals surface area contributed by atoms with Crippen molar-refractivity contribution in [1.82, 2.24) is 14.9 Å². The lowest BCUT2D eigenvalue weighted by Crippen LogP contribution is -2.34. The maximum Gasteiger partial charge on any atom is 0.252 e. The van der Waals surface area contributed by atoms with Gasteiger partial charge in [0.25, 0.3) is 5.91 Å². The van der Waals surface area contributed by atoms with Gasteiger partial charge >= 0.3 is 0 Å². The Bertz CT molecular complexity index is 1200. The minimum Gasteiger partial charge on any atom is -0.490 e. The number of halogens is 2. The van der Waals surface area contributed by atoms with Gasteiger partial charge in [-0.05, 0) is 23.8 Å². The van der Waals surface area contributed by atoms with Crippen molar-refractivity contribution in [3.63, 3.8) is 0 Å². The number of carbonyl (C=O) groups excluding carboxylic acids is 2. The number of amides is 2. The summed E-state index contributed by atoms with van der Waals surface area (Å²) in [7, 11) is 1.78. The zero-order chi connectivity index (χ0) is 24.3. The molecule has 0 unspecified atom stereocenters. The Hall–Kier alpha value is -3.33. The van der Waals surface area contributed by atoms with Crippen LogP contribution in [0.25, 0.3) is 11.0 Å². The van der Waals surface area contributed by atoms with Gasteiger partial charge in [-0.3, -0.25) is 9.59 Å². The summed E-state index contributed by atoms with van der Waals surface area (Å²) >= 11 is 6.38. The fourth-order valence-electron chi connectivity index (χ4n) is 3.14. The molecule has 0 aliphatic rings. The van der Waals surface area contributed by atoms with E-state index in [1.54, 1.807) is 23.7 Å². The number of hydrogen-bond acceptors (Lipinski definition) is 5. The van der Waals surface area contributed by atoms with Gasteiger partial charge in [-0.25, -0.2) is 9.37 Å². The molecular formula is C23H27ClFN5O3. The van der Waals surface area contributed by atoms with Gasteiger partial charge in [0, 0.05) is 25.1 Å². The number of nitrogens with two attached hydrogens (primary N) is 1. The van der Waals surface area contributed by atoms with E-state index >= 15 is 0 Å². The van der Waals surface area contributed by atoms with Gasteiger partial charge in [0.1, 0.15) is 19.0 Å². The number of imidazole rings is 1. The van der Waals surface area contributed by atoms with Crippen molar-refractivity contribution in [2.75, 3.05) is 18.6 Å². The van der Waals surface area contributed by atoms with E-state index in [1.807, 2.05) is 32.9 Å². The van der Waals surface area contributed by atoms with Crippen molar-refractivity contribution >= 4 is 46.1 Å². The molecule has 0 aliphatic carbocycles. The molecule has 2 amide bonds. The maximum absolute atomic E-state index is 12.6. The Labute approximate surface area is 196 Å². The summed E-state index contributed by atoms with van der Waals surface area (Å²) in [4.78, 5) is 28.5. The van der Waals surface area contributed by atoms with Crippen molar-refractivity contribution in [1.29, 1.82) is 0 Å². The van der Waals surface area contributed by atoms with Crippen LogP contribution in [0.5, 0.6) is 5.75 Å². The highest BCUT2D eigenvalue weighted by atomic mass is 35.5. The molecule has 1 aromatic heterocycles.